The predicted octanol–water partition coefficient (Wildman–Crippen LogP) is -1.30. The lowest BCUT2D eigenvalue weighted by molar-refractivity contribution is -0.133. The molecule has 0 aromatic heterocycles. The van der Waals surface area contributed by atoms with Gasteiger partial charge in [-0.15, -0.1) is 0 Å². The van der Waals surface area contributed by atoms with Gasteiger partial charge in [0.2, 0.25) is 11.8 Å². The number of thiocarbonyl (C=S) groups is 2. The predicted molar refractivity (Wildman–Crippen MR) is 87.6 cm³/mol. The Balaban J connectivity index is 2.00. The Morgan fingerprint density at radius 1 is 0.739 bits per heavy atom. The smallest absolute Gasteiger partial charge is 0.263 e. The molecule has 2 aliphatic rings. The molecule has 0 aromatic carbocycles. The zero-order valence-corrected chi connectivity index (χ0v) is 13.0. The van der Waals surface area contributed by atoms with Gasteiger partial charge in [0.25, 0.3) is 11.8 Å². The van der Waals surface area contributed by atoms with Crippen molar-refractivity contribution >= 4 is 58.3 Å². The van der Waals surface area contributed by atoms with Gasteiger partial charge in [-0.25, -0.2) is 0 Å². The highest BCUT2D eigenvalue weighted by molar-refractivity contribution is 7.80. The summed E-state index contributed by atoms with van der Waals surface area (Å²) in [7, 11) is 0. The summed E-state index contributed by atoms with van der Waals surface area (Å²) < 4.78 is 0. The van der Waals surface area contributed by atoms with Crippen LogP contribution in [-0.2, 0) is 19.2 Å². The molecule has 2 saturated heterocycles. The van der Waals surface area contributed by atoms with Gasteiger partial charge in [-0.05, 0) is 30.5 Å². The fraction of sp³-hybridized carbons (Fsp3) is 0.0769. The molecule has 8 nitrogen and oxygen atoms in total. The third-order valence-corrected chi connectivity index (χ3v) is 3.18. The Labute approximate surface area is 141 Å². The fourth-order valence-electron chi connectivity index (χ4n) is 1.72. The van der Waals surface area contributed by atoms with E-state index >= 15 is 0 Å². The maximum atomic E-state index is 11.6. The first kappa shape index (κ1) is 16.6. The minimum atomic E-state index is -1.00. The maximum absolute atomic E-state index is 11.6. The van der Waals surface area contributed by atoms with E-state index in [9.17, 15) is 19.2 Å². The summed E-state index contributed by atoms with van der Waals surface area (Å²) >= 11 is 9.34. The van der Waals surface area contributed by atoms with Crippen LogP contribution in [0.3, 0.4) is 0 Å². The molecule has 0 aliphatic carbocycles. The first-order valence-electron chi connectivity index (χ1n) is 6.26. The van der Waals surface area contributed by atoms with Crippen molar-refractivity contribution in [1.29, 1.82) is 0 Å². The molecule has 0 bridgehead atoms. The van der Waals surface area contributed by atoms with E-state index in [1.54, 1.807) is 0 Å². The van der Waals surface area contributed by atoms with Gasteiger partial charge in [-0.1, -0.05) is 24.3 Å². The van der Waals surface area contributed by atoms with Gasteiger partial charge in [0.05, 0.1) is 0 Å². The summed E-state index contributed by atoms with van der Waals surface area (Å²) in [5.74, 6) is -3.26. The number of carbonyl (C=O) groups is 4. The van der Waals surface area contributed by atoms with Crippen LogP contribution in [0.5, 0.6) is 0 Å². The molecule has 118 valence electrons. The standard InChI is InChI=1S/C13H10N4O4S2/c18-8-6(9(19)15-12(22)14-8)4-2-1-3-5-7-10(20)16-13(23)17-11(7)21/h1-6H,(H2,14,15,18,19,22)(H2,16,17,20,21,23)/b3-1+,4-2+. The molecule has 2 heterocycles. The van der Waals surface area contributed by atoms with E-state index in [0.29, 0.717) is 0 Å². The van der Waals surface area contributed by atoms with Gasteiger partial charge in [0.15, 0.2) is 10.2 Å². The van der Waals surface area contributed by atoms with Crippen LogP contribution in [0.2, 0.25) is 0 Å². The second kappa shape index (κ2) is 7.03. The van der Waals surface area contributed by atoms with E-state index in [4.69, 9.17) is 0 Å². The largest absolute Gasteiger partial charge is 0.302 e. The number of hydrogen-bond acceptors (Lipinski definition) is 6. The minimum Gasteiger partial charge on any atom is -0.302 e. The van der Waals surface area contributed by atoms with Crippen molar-refractivity contribution in [2.75, 3.05) is 0 Å². The monoisotopic (exact) mass is 350 g/mol. The zero-order valence-electron chi connectivity index (χ0n) is 11.4. The van der Waals surface area contributed by atoms with E-state index in [2.05, 4.69) is 45.7 Å². The van der Waals surface area contributed by atoms with E-state index in [1.165, 1.54) is 30.4 Å². The van der Waals surface area contributed by atoms with E-state index in [-0.39, 0.29) is 15.8 Å². The third kappa shape index (κ3) is 4.14. The molecule has 2 fully saturated rings. The Kier molecular flexibility index (Phi) is 5.09. The number of allylic oxidation sites excluding steroid dienone is 4. The van der Waals surface area contributed by atoms with E-state index in [0.717, 1.165) is 0 Å². The Morgan fingerprint density at radius 3 is 1.83 bits per heavy atom. The van der Waals surface area contributed by atoms with Gasteiger partial charge in [0.1, 0.15) is 11.5 Å². The molecule has 0 saturated carbocycles. The van der Waals surface area contributed by atoms with Crippen LogP contribution >= 0.6 is 24.4 Å². The number of rotatable bonds is 3. The molecule has 0 atom stereocenters. The molecule has 23 heavy (non-hydrogen) atoms. The van der Waals surface area contributed by atoms with Crippen molar-refractivity contribution in [3.63, 3.8) is 0 Å². The van der Waals surface area contributed by atoms with Crippen LogP contribution in [0, 0.1) is 5.92 Å². The highest BCUT2D eigenvalue weighted by atomic mass is 32.1. The summed E-state index contributed by atoms with van der Waals surface area (Å²) in [5, 5.41) is 9.15. The summed E-state index contributed by atoms with van der Waals surface area (Å²) in [5.41, 5.74) is -0.109. The van der Waals surface area contributed by atoms with Crippen molar-refractivity contribution in [1.82, 2.24) is 21.3 Å². The van der Waals surface area contributed by atoms with Gasteiger partial charge < -0.3 is 10.6 Å². The van der Waals surface area contributed by atoms with Crippen molar-refractivity contribution in [2.45, 2.75) is 0 Å². The van der Waals surface area contributed by atoms with Crippen LogP contribution in [0.15, 0.2) is 36.0 Å². The quantitative estimate of drug-likeness (QED) is 0.165. The zero-order chi connectivity index (χ0) is 17.0. The van der Waals surface area contributed by atoms with Crippen LogP contribution in [0.4, 0.5) is 0 Å². The number of carbonyl (C=O) groups excluding carboxylic acids is 4. The summed E-state index contributed by atoms with van der Waals surface area (Å²) in [6, 6.07) is 0. The third-order valence-electron chi connectivity index (χ3n) is 2.77. The maximum Gasteiger partial charge on any atom is 0.263 e. The lowest BCUT2D eigenvalue weighted by atomic mass is 10.1. The molecule has 4 N–H and O–H groups in total. The highest BCUT2D eigenvalue weighted by Crippen LogP contribution is 2.05. The molecular formula is C13H10N4O4S2. The average molecular weight is 350 g/mol. The summed E-state index contributed by atoms with van der Waals surface area (Å²) in [6.07, 6.45) is 6.97. The molecule has 2 aliphatic heterocycles. The molecule has 0 unspecified atom stereocenters. The van der Waals surface area contributed by atoms with Crippen molar-refractivity contribution < 1.29 is 19.2 Å². The molecule has 2 rings (SSSR count). The fourth-order valence-corrected chi connectivity index (χ4v) is 2.11. The van der Waals surface area contributed by atoms with Gasteiger partial charge in [-0.3, -0.25) is 29.8 Å². The Bertz CT molecular complexity index is 681. The summed E-state index contributed by atoms with van der Waals surface area (Å²) in [4.78, 5) is 46.2. The molecule has 0 spiro atoms. The van der Waals surface area contributed by atoms with Crippen LogP contribution in [-0.4, -0.2) is 33.9 Å². The molecule has 4 amide bonds. The van der Waals surface area contributed by atoms with Crippen molar-refractivity contribution in [3.8, 4) is 0 Å². The first-order valence-corrected chi connectivity index (χ1v) is 7.07. The number of hydrogen-bond donors (Lipinski definition) is 4. The molecule has 0 radical (unpaired) electrons. The van der Waals surface area contributed by atoms with Crippen molar-refractivity contribution in [3.05, 3.63) is 36.0 Å². The average Bonchev–Trinajstić information content (AvgIpc) is 2.42. The number of amides is 4. The SMILES string of the molecule is O=C1NC(=S)NC(=O)C1=C/C=C/C=C/C1C(=O)NC(=S)NC1=O. The Morgan fingerprint density at radius 2 is 1.26 bits per heavy atom. The topological polar surface area (TPSA) is 116 Å². The van der Waals surface area contributed by atoms with E-state index < -0.39 is 29.5 Å². The molecule has 10 heteroatoms. The van der Waals surface area contributed by atoms with Gasteiger partial charge >= 0.3 is 0 Å². The van der Waals surface area contributed by atoms with E-state index in [1.807, 2.05) is 0 Å². The lowest BCUT2D eigenvalue weighted by Crippen LogP contribution is -2.54. The normalized spacial score (nSPS) is 19.7. The van der Waals surface area contributed by atoms with Gasteiger partial charge in [-0.2, -0.15) is 0 Å². The summed E-state index contributed by atoms with van der Waals surface area (Å²) in [6.45, 7) is 0. The molecular weight excluding hydrogens is 340 g/mol. The lowest BCUT2D eigenvalue weighted by Gasteiger charge is -2.19. The van der Waals surface area contributed by atoms with Crippen molar-refractivity contribution in [2.24, 2.45) is 5.92 Å². The Hall–Kier alpha value is -2.72. The van der Waals surface area contributed by atoms with Gasteiger partial charge in [0, 0.05) is 0 Å². The minimum absolute atomic E-state index is 0.0304. The second-order valence-corrected chi connectivity index (χ2v) is 5.19. The van der Waals surface area contributed by atoms with Crippen LogP contribution in [0.1, 0.15) is 0 Å². The second-order valence-electron chi connectivity index (χ2n) is 4.37. The number of nitrogens with one attached hydrogen (secondary N) is 4. The molecule has 0 aromatic rings. The van der Waals surface area contributed by atoms with Crippen LogP contribution < -0.4 is 21.3 Å². The highest BCUT2D eigenvalue weighted by Gasteiger charge is 2.29. The first-order chi connectivity index (χ1) is 10.9. The van der Waals surface area contributed by atoms with Crippen LogP contribution in [0.25, 0.3) is 0 Å².